The molecule has 122 valence electrons. The lowest BCUT2D eigenvalue weighted by atomic mass is 10.1. The van der Waals surface area contributed by atoms with E-state index in [1.807, 2.05) is 51.1 Å². The first kappa shape index (κ1) is 16.3. The third kappa shape index (κ3) is 3.33. The fourth-order valence-corrected chi connectivity index (χ4v) is 2.47. The van der Waals surface area contributed by atoms with Crippen molar-refractivity contribution in [2.24, 2.45) is 5.10 Å². The Bertz CT molecular complexity index is 945. The number of carbonyl (C=O) groups excluding carboxylic acids is 1. The standard InChI is InChI=1S/C16H15BrN6O/c1-9-8-10(2)23-16(18-9)19-14(22-23)15(24)21-20-11(3)12-4-6-13(17)7-5-12/h4-8H,1-3H3,(H,21,24)/b20-11-. The lowest BCUT2D eigenvalue weighted by molar-refractivity contribution is 0.0944. The average molecular weight is 387 g/mol. The van der Waals surface area contributed by atoms with E-state index < -0.39 is 5.91 Å². The molecule has 1 aromatic carbocycles. The van der Waals surface area contributed by atoms with Crippen molar-refractivity contribution in [1.29, 1.82) is 0 Å². The smallest absolute Gasteiger partial charge is 0.264 e. The number of nitrogens with zero attached hydrogens (tertiary/aromatic N) is 5. The van der Waals surface area contributed by atoms with Crippen LogP contribution in [0.2, 0.25) is 0 Å². The Kier molecular flexibility index (Phi) is 4.39. The zero-order chi connectivity index (χ0) is 17.3. The molecule has 0 aliphatic rings. The summed E-state index contributed by atoms with van der Waals surface area (Å²) in [5, 5.41) is 8.27. The molecule has 0 spiro atoms. The highest BCUT2D eigenvalue weighted by atomic mass is 79.9. The van der Waals surface area contributed by atoms with Crippen molar-refractivity contribution in [3.8, 4) is 0 Å². The molecule has 8 heteroatoms. The number of aryl methyl sites for hydroxylation is 2. The predicted molar refractivity (Wildman–Crippen MR) is 94.1 cm³/mol. The molecule has 3 aromatic rings. The number of hydrogen-bond acceptors (Lipinski definition) is 5. The molecule has 7 nitrogen and oxygen atoms in total. The Hall–Kier alpha value is -2.61. The summed E-state index contributed by atoms with van der Waals surface area (Å²) in [5.41, 5.74) is 5.76. The number of amides is 1. The minimum Gasteiger partial charge on any atom is -0.264 e. The molecule has 24 heavy (non-hydrogen) atoms. The molecule has 2 heterocycles. The lowest BCUT2D eigenvalue weighted by Gasteiger charge is -2.01. The predicted octanol–water partition coefficient (Wildman–Crippen LogP) is 2.66. The topological polar surface area (TPSA) is 84.5 Å². The molecule has 0 aliphatic carbocycles. The van der Waals surface area contributed by atoms with Gasteiger partial charge in [-0.3, -0.25) is 4.79 Å². The molecule has 0 saturated heterocycles. The maximum absolute atomic E-state index is 12.2. The van der Waals surface area contributed by atoms with Gasteiger partial charge >= 0.3 is 5.91 Å². The minimum absolute atomic E-state index is 0.0311. The van der Waals surface area contributed by atoms with Gasteiger partial charge in [-0.25, -0.2) is 14.9 Å². The van der Waals surface area contributed by atoms with Crippen LogP contribution in [0.3, 0.4) is 0 Å². The normalized spacial score (nSPS) is 11.8. The van der Waals surface area contributed by atoms with E-state index in [0.29, 0.717) is 11.5 Å². The van der Waals surface area contributed by atoms with Crippen molar-refractivity contribution in [1.82, 2.24) is 25.0 Å². The van der Waals surface area contributed by atoms with Crippen LogP contribution in [-0.4, -0.2) is 31.2 Å². The Balaban J connectivity index is 1.81. The van der Waals surface area contributed by atoms with Gasteiger partial charge < -0.3 is 0 Å². The van der Waals surface area contributed by atoms with E-state index >= 15 is 0 Å². The van der Waals surface area contributed by atoms with Gasteiger partial charge in [0.1, 0.15) is 0 Å². The van der Waals surface area contributed by atoms with Crippen LogP contribution in [0.4, 0.5) is 0 Å². The van der Waals surface area contributed by atoms with Crippen LogP contribution in [0.15, 0.2) is 39.9 Å². The van der Waals surface area contributed by atoms with Gasteiger partial charge in [-0.05, 0) is 44.5 Å². The van der Waals surface area contributed by atoms with Crippen molar-refractivity contribution >= 4 is 33.3 Å². The van der Waals surface area contributed by atoms with E-state index in [1.54, 1.807) is 0 Å². The lowest BCUT2D eigenvalue weighted by Crippen LogP contribution is -2.20. The molecule has 3 rings (SSSR count). The molecular weight excluding hydrogens is 372 g/mol. The number of rotatable bonds is 3. The van der Waals surface area contributed by atoms with Crippen molar-refractivity contribution < 1.29 is 4.79 Å². The Labute approximate surface area is 147 Å². The first-order valence-corrected chi connectivity index (χ1v) is 8.05. The van der Waals surface area contributed by atoms with Crippen molar-refractivity contribution in [2.45, 2.75) is 20.8 Å². The van der Waals surface area contributed by atoms with Gasteiger partial charge in [-0.15, -0.1) is 5.10 Å². The number of benzene rings is 1. The first-order chi connectivity index (χ1) is 11.4. The van der Waals surface area contributed by atoms with Gasteiger partial charge in [0, 0.05) is 15.9 Å². The highest BCUT2D eigenvalue weighted by molar-refractivity contribution is 9.10. The van der Waals surface area contributed by atoms with Gasteiger partial charge in [0.25, 0.3) is 5.78 Å². The largest absolute Gasteiger partial charge is 0.311 e. The quantitative estimate of drug-likeness (QED) is 0.553. The number of hydrogen-bond donors (Lipinski definition) is 1. The third-order valence-corrected chi connectivity index (χ3v) is 3.94. The number of nitrogens with one attached hydrogen (secondary N) is 1. The Morgan fingerprint density at radius 2 is 1.92 bits per heavy atom. The fraction of sp³-hybridized carbons (Fsp3) is 0.188. The van der Waals surface area contributed by atoms with E-state index in [4.69, 9.17) is 0 Å². The minimum atomic E-state index is -0.478. The van der Waals surface area contributed by atoms with E-state index in [-0.39, 0.29) is 5.82 Å². The van der Waals surface area contributed by atoms with Crippen LogP contribution in [0.25, 0.3) is 5.78 Å². The number of halogens is 1. The Morgan fingerprint density at radius 3 is 2.62 bits per heavy atom. The van der Waals surface area contributed by atoms with Crippen LogP contribution in [0.5, 0.6) is 0 Å². The SMILES string of the molecule is C/C(=N/NC(=O)c1nc2nc(C)cc(C)n2n1)c1ccc(Br)cc1. The van der Waals surface area contributed by atoms with Crippen molar-refractivity contribution in [3.63, 3.8) is 0 Å². The molecule has 0 atom stereocenters. The third-order valence-electron chi connectivity index (χ3n) is 3.41. The Morgan fingerprint density at radius 1 is 1.21 bits per heavy atom. The molecule has 0 saturated carbocycles. The summed E-state index contributed by atoms with van der Waals surface area (Å²) >= 11 is 3.38. The highest BCUT2D eigenvalue weighted by Gasteiger charge is 2.14. The highest BCUT2D eigenvalue weighted by Crippen LogP contribution is 2.11. The number of aromatic nitrogens is 4. The molecule has 0 unspecified atom stereocenters. The zero-order valence-corrected chi connectivity index (χ0v) is 15.0. The molecular formula is C16H15BrN6O. The van der Waals surface area contributed by atoms with E-state index in [2.05, 4.69) is 41.5 Å². The van der Waals surface area contributed by atoms with Gasteiger partial charge in [-0.2, -0.15) is 10.1 Å². The number of fused-ring (bicyclic) bond motifs is 1. The second-order valence-electron chi connectivity index (χ2n) is 5.33. The fourth-order valence-electron chi connectivity index (χ4n) is 2.20. The van der Waals surface area contributed by atoms with Gasteiger partial charge in [0.2, 0.25) is 5.82 Å². The number of hydrazone groups is 1. The van der Waals surface area contributed by atoms with E-state index in [9.17, 15) is 4.79 Å². The second-order valence-corrected chi connectivity index (χ2v) is 6.25. The van der Waals surface area contributed by atoms with Crippen LogP contribution >= 0.6 is 15.9 Å². The van der Waals surface area contributed by atoms with E-state index in [0.717, 1.165) is 21.4 Å². The summed E-state index contributed by atoms with van der Waals surface area (Å²) in [6, 6.07) is 9.52. The van der Waals surface area contributed by atoms with Crippen molar-refractivity contribution in [3.05, 3.63) is 57.6 Å². The summed E-state index contributed by atoms with van der Waals surface area (Å²) in [7, 11) is 0. The monoisotopic (exact) mass is 386 g/mol. The van der Waals surface area contributed by atoms with Crippen LogP contribution in [-0.2, 0) is 0 Å². The molecule has 1 amide bonds. The van der Waals surface area contributed by atoms with E-state index in [1.165, 1.54) is 4.52 Å². The van der Waals surface area contributed by atoms with Gasteiger partial charge in [-0.1, -0.05) is 28.1 Å². The van der Waals surface area contributed by atoms with Crippen LogP contribution < -0.4 is 5.43 Å². The van der Waals surface area contributed by atoms with Crippen molar-refractivity contribution in [2.75, 3.05) is 0 Å². The second kappa shape index (κ2) is 6.48. The molecule has 0 radical (unpaired) electrons. The van der Waals surface area contributed by atoms with Gasteiger partial charge in [0.15, 0.2) is 0 Å². The van der Waals surface area contributed by atoms with Crippen LogP contribution in [0.1, 0.15) is 34.5 Å². The maximum atomic E-state index is 12.2. The van der Waals surface area contributed by atoms with Gasteiger partial charge in [0.05, 0.1) is 5.71 Å². The zero-order valence-electron chi connectivity index (χ0n) is 13.4. The summed E-state index contributed by atoms with van der Waals surface area (Å²) in [4.78, 5) is 20.6. The number of carbonyl (C=O) groups is 1. The maximum Gasteiger partial charge on any atom is 0.311 e. The average Bonchev–Trinajstić information content (AvgIpc) is 2.97. The molecule has 0 fully saturated rings. The summed E-state index contributed by atoms with van der Waals surface area (Å²) in [6.45, 7) is 5.57. The first-order valence-electron chi connectivity index (χ1n) is 7.25. The molecule has 0 aliphatic heterocycles. The summed E-state index contributed by atoms with van der Waals surface area (Å²) < 4.78 is 2.52. The summed E-state index contributed by atoms with van der Waals surface area (Å²) in [5.74, 6) is -0.0520. The van der Waals surface area contributed by atoms with Crippen LogP contribution in [0, 0.1) is 13.8 Å². The molecule has 2 aromatic heterocycles. The molecule has 1 N–H and O–H groups in total. The summed E-state index contributed by atoms with van der Waals surface area (Å²) in [6.07, 6.45) is 0. The molecule has 0 bridgehead atoms.